The zero-order chi connectivity index (χ0) is 26.1. The van der Waals surface area contributed by atoms with E-state index in [2.05, 4.69) is 30.6 Å². The minimum absolute atomic E-state index is 0.0664. The molecular formula is C26H20F2N8O2. The van der Waals surface area contributed by atoms with Gasteiger partial charge in [-0.25, -0.2) is 33.0 Å². The lowest BCUT2D eigenvalue weighted by Gasteiger charge is -2.31. The maximum Gasteiger partial charge on any atom is 0.323 e. The maximum atomic E-state index is 13.7. The molecule has 0 bridgehead atoms. The number of urea groups is 1. The molecule has 0 spiro atoms. The second-order valence-electron chi connectivity index (χ2n) is 8.54. The first-order chi connectivity index (χ1) is 18.5. The number of hydrogen-bond acceptors (Lipinski definition) is 7. The van der Waals surface area contributed by atoms with E-state index in [0.717, 1.165) is 53.9 Å². The number of benzene rings is 2. The summed E-state index contributed by atoms with van der Waals surface area (Å²) in [6.07, 6.45) is 7.54. The maximum absolute atomic E-state index is 13.7. The van der Waals surface area contributed by atoms with Gasteiger partial charge in [0, 0.05) is 30.9 Å². The van der Waals surface area contributed by atoms with Crippen LogP contribution in [0.3, 0.4) is 0 Å². The molecule has 0 radical (unpaired) electrons. The van der Waals surface area contributed by atoms with Crippen LogP contribution in [0.5, 0.6) is 11.8 Å². The fourth-order valence-corrected chi connectivity index (χ4v) is 3.90. The van der Waals surface area contributed by atoms with E-state index < -0.39 is 17.7 Å². The molecule has 5 aromatic rings. The SMILES string of the molecule is O=C(Nc1cnc(Oc2ccc(-c3cnn4ccc(N5CCC5)nc34)cc2)nc1)Nc1cc(F)ccc1F. The van der Waals surface area contributed by atoms with Crippen molar-refractivity contribution < 1.29 is 18.3 Å². The standard InChI is InChI=1S/C26H20F2N8O2/c27-17-4-7-21(28)22(12-17)33-25(37)32-18-13-29-26(30-14-18)38-19-5-2-16(3-6-19)20-15-31-36-11-8-23(34-24(20)36)35-9-1-10-35/h2-8,11-15H,1,9-10H2,(H2,32,33,37). The van der Waals surface area contributed by atoms with Crippen LogP contribution in [0.25, 0.3) is 16.8 Å². The van der Waals surface area contributed by atoms with Crippen LogP contribution in [0.1, 0.15) is 6.42 Å². The summed E-state index contributed by atoms with van der Waals surface area (Å²) < 4.78 is 34.4. The number of anilines is 3. The monoisotopic (exact) mass is 514 g/mol. The molecule has 6 rings (SSSR count). The Hall–Kier alpha value is -5.13. The molecule has 4 heterocycles. The van der Waals surface area contributed by atoms with Gasteiger partial charge in [-0.3, -0.25) is 0 Å². The van der Waals surface area contributed by atoms with Crippen LogP contribution in [-0.4, -0.2) is 43.7 Å². The lowest BCUT2D eigenvalue weighted by Crippen LogP contribution is -2.37. The van der Waals surface area contributed by atoms with Crippen LogP contribution in [0.15, 0.2) is 73.3 Å². The zero-order valence-electron chi connectivity index (χ0n) is 19.8. The van der Waals surface area contributed by atoms with Gasteiger partial charge >= 0.3 is 12.0 Å². The van der Waals surface area contributed by atoms with E-state index in [1.165, 1.54) is 18.8 Å². The third-order valence-corrected chi connectivity index (χ3v) is 5.97. The third kappa shape index (κ3) is 4.78. The fraction of sp³-hybridized carbons (Fsp3) is 0.115. The number of aromatic nitrogens is 5. The Balaban J connectivity index is 1.10. The Morgan fingerprint density at radius 1 is 0.947 bits per heavy atom. The molecule has 2 N–H and O–H groups in total. The first-order valence-corrected chi connectivity index (χ1v) is 11.7. The second-order valence-corrected chi connectivity index (χ2v) is 8.54. The number of carbonyl (C=O) groups excluding carboxylic acids is 1. The first kappa shape index (κ1) is 23.3. The van der Waals surface area contributed by atoms with Crippen molar-refractivity contribution in [3.05, 3.63) is 85.0 Å². The molecule has 190 valence electrons. The van der Waals surface area contributed by atoms with E-state index in [0.29, 0.717) is 5.75 Å². The summed E-state index contributed by atoms with van der Waals surface area (Å²) in [5, 5.41) is 9.08. The minimum Gasteiger partial charge on any atom is -0.424 e. The Bertz CT molecular complexity index is 1620. The number of nitrogens with zero attached hydrogens (tertiary/aromatic N) is 6. The van der Waals surface area contributed by atoms with Gasteiger partial charge in [-0.1, -0.05) is 12.1 Å². The molecule has 1 aliphatic rings. The molecule has 0 unspecified atom stereocenters. The van der Waals surface area contributed by atoms with Gasteiger partial charge in [0.25, 0.3) is 0 Å². The highest BCUT2D eigenvalue weighted by Gasteiger charge is 2.17. The van der Waals surface area contributed by atoms with Crippen LogP contribution in [0.4, 0.5) is 30.8 Å². The summed E-state index contributed by atoms with van der Waals surface area (Å²) >= 11 is 0. The van der Waals surface area contributed by atoms with Crippen molar-refractivity contribution in [2.45, 2.75) is 6.42 Å². The van der Waals surface area contributed by atoms with Gasteiger partial charge in [-0.05, 0) is 42.3 Å². The molecule has 2 amide bonds. The molecular weight excluding hydrogens is 494 g/mol. The van der Waals surface area contributed by atoms with E-state index in [9.17, 15) is 13.6 Å². The van der Waals surface area contributed by atoms with Crippen molar-refractivity contribution in [2.75, 3.05) is 28.6 Å². The summed E-state index contributed by atoms with van der Waals surface area (Å²) in [5.74, 6) is 0.0200. The summed E-state index contributed by atoms with van der Waals surface area (Å²) in [7, 11) is 0. The Kier molecular flexibility index (Phi) is 5.96. The van der Waals surface area contributed by atoms with E-state index in [4.69, 9.17) is 9.72 Å². The van der Waals surface area contributed by atoms with Crippen molar-refractivity contribution in [2.24, 2.45) is 0 Å². The number of rotatable bonds is 6. The van der Waals surface area contributed by atoms with Crippen LogP contribution in [0.2, 0.25) is 0 Å². The van der Waals surface area contributed by atoms with Gasteiger partial charge in [0.1, 0.15) is 23.2 Å². The molecule has 0 saturated carbocycles. The zero-order valence-corrected chi connectivity index (χ0v) is 19.8. The number of ether oxygens (including phenoxy) is 1. The second kappa shape index (κ2) is 9.73. The van der Waals surface area contributed by atoms with E-state index in [1.807, 2.05) is 24.4 Å². The fourth-order valence-electron chi connectivity index (χ4n) is 3.90. The molecule has 12 heteroatoms. The van der Waals surface area contributed by atoms with Crippen LogP contribution >= 0.6 is 0 Å². The highest BCUT2D eigenvalue weighted by Crippen LogP contribution is 2.28. The van der Waals surface area contributed by atoms with E-state index >= 15 is 0 Å². The number of nitrogens with one attached hydrogen (secondary N) is 2. The van der Waals surface area contributed by atoms with E-state index in [1.54, 1.807) is 22.8 Å². The normalized spacial score (nSPS) is 12.7. The number of carbonyl (C=O) groups is 1. The lowest BCUT2D eigenvalue weighted by molar-refractivity contribution is 0.262. The summed E-state index contributed by atoms with van der Waals surface area (Å²) in [5.41, 5.74) is 2.56. The van der Waals surface area contributed by atoms with Gasteiger partial charge < -0.3 is 20.3 Å². The van der Waals surface area contributed by atoms with Crippen molar-refractivity contribution in [3.8, 4) is 22.9 Å². The smallest absolute Gasteiger partial charge is 0.323 e. The van der Waals surface area contributed by atoms with Crippen molar-refractivity contribution in [1.82, 2.24) is 24.6 Å². The molecule has 0 atom stereocenters. The molecule has 10 nitrogen and oxygen atoms in total. The topological polar surface area (TPSA) is 110 Å². The van der Waals surface area contributed by atoms with E-state index in [-0.39, 0.29) is 17.4 Å². The first-order valence-electron chi connectivity index (χ1n) is 11.7. The van der Waals surface area contributed by atoms with Gasteiger partial charge in [-0.2, -0.15) is 5.10 Å². The number of fused-ring (bicyclic) bond motifs is 1. The summed E-state index contributed by atoms with van der Waals surface area (Å²) in [4.78, 5) is 27.3. The Morgan fingerprint density at radius 3 is 2.47 bits per heavy atom. The van der Waals surface area contributed by atoms with Crippen molar-refractivity contribution >= 4 is 28.9 Å². The summed E-state index contributed by atoms with van der Waals surface area (Å²) in [6, 6.07) is 11.4. The van der Waals surface area contributed by atoms with Gasteiger partial charge in [-0.15, -0.1) is 0 Å². The predicted octanol–water partition coefficient (Wildman–Crippen LogP) is 5.11. The minimum atomic E-state index is -0.776. The number of halogens is 2. The quantitative estimate of drug-likeness (QED) is 0.324. The van der Waals surface area contributed by atoms with Crippen molar-refractivity contribution in [3.63, 3.8) is 0 Å². The van der Waals surface area contributed by atoms with Gasteiger partial charge in [0.15, 0.2) is 5.65 Å². The molecule has 1 saturated heterocycles. The van der Waals surface area contributed by atoms with Crippen LogP contribution in [0, 0.1) is 11.6 Å². The molecule has 2 aromatic carbocycles. The summed E-state index contributed by atoms with van der Waals surface area (Å²) in [6.45, 7) is 2.03. The Morgan fingerprint density at radius 2 is 1.74 bits per heavy atom. The predicted molar refractivity (Wildman–Crippen MR) is 136 cm³/mol. The third-order valence-electron chi connectivity index (χ3n) is 5.97. The molecule has 3 aromatic heterocycles. The highest BCUT2D eigenvalue weighted by atomic mass is 19.1. The molecule has 1 aliphatic heterocycles. The molecule has 1 fully saturated rings. The average molecular weight is 514 g/mol. The van der Waals surface area contributed by atoms with Crippen LogP contribution in [-0.2, 0) is 0 Å². The highest BCUT2D eigenvalue weighted by molar-refractivity contribution is 5.99. The Labute approximate surface area is 214 Å². The molecule has 0 aliphatic carbocycles. The lowest BCUT2D eigenvalue weighted by atomic mass is 10.1. The number of hydrogen-bond donors (Lipinski definition) is 2. The average Bonchev–Trinajstić information content (AvgIpc) is 3.30. The van der Waals surface area contributed by atoms with Gasteiger partial charge in [0.05, 0.1) is 30.0 Å². The van der Waals surface area contributed by atoms with Crippen molar-refractivity contribution in [1.29, 1.82) is 0 Å². The number of amides is 2. The largest absolute Gasteiger partial charge is 0.424 e. The van der Waals surface area contributed by atoms with Crippen LogP contribution < -0.4 is 20.3 Å². The molecule has 38 heavy (non-hydrogen) atoms. The van der Waals surface area contributed by atoms with Gasteiger partial charge in [0.2, 0.25) is 0 Å².